The third kappa shape index (κ3) is 3.92. The molecule has 2 heterocycles. The van der Waals surface area contributed by atoms with E-state index in [0.29, 0.717) is 12.0 Å². The van der Waals surface area contributed by atoms with Crippen LogP contribution in [0, 0.1) is 6.92 Å². The summed E-state index contributed by atoms with van der Waals surface area (Å²) in [7, 11) is 0. The molecule has 0 amide bonds. The van der Waals surface area contributed by atoms with Crippen LogP contribution in [-0.4, -0.2) is 35.6 Å². The molecule has 4 nitrogen and oxygen atoms in total. The maximum atomic E-state index is 4.76. The molecule has 0 saturated carbocycles. The van der Waals surface area contributed by atoms with Gasteiger partial charge in [-0.25, -0.2) is 9.97 Å². The average molecular weight is 276 g/mol. The SMILES string of the molecule is CCCNC1CCCN(c2cc(C)nc(C(C)C)n2)C1. The largest absolute Gasteiger partial charge is 0.355 e. The molecule has 1 saturated heterocycles. The van der Waals surface area contributed by atoms with Gasteiger partial charge in [0.15, 0.2) is 0 Å². The number of aromatic nitrogens is 2. The number of aryl methyl sites for hydroxylation is 1. The standard InChI is InChI=1S/C16H28N4/c1-5-8-17-14-7-6-9-20(11-14)15-10-13(4)18-16(19-15)12(2)3/h10,12,14,17H,5-9,11H2,1-4H3. The fourth-order valence-electron chi connectivity index (χ4n) is 2.69. The van der Waals surface area contributed by atoms with Gasteiger partial charge >= 0.3 is 0 Å². The highest BCUT2D eigenvalue weighted by Gasteiger charge is 2.21. The fourth-order valence-corrected chi connectivity index (χ4v) is 2.69. The molecule has 4 heteroatoms. The fraction of sp³-hybridized carbons (Fsp3) is 0.750. The minimum atomic E-state index is 0.382. The van der Waals surface area contributed by atoms with Crippen molar-refractivity contribution in [3.05, 3.63) is 17.6 Å². The first-order chi connectivity index (χ1) is 9.60. The summed E-state index contributed by atoms with van der Waals surface area (Å²) in [6, 6.07) is 2.72. The Balaban J connectivity index is 2.10. The molecule has 0 aliphatic carbocycles. The highest BCUT2D eigenvalue weighted by Crippen LogP contribution is 2.21. The Morgan fingerprint density at radius 1 is 1.40 bits per heavy atom. The van der Waals surface area contributed by atoms with E-state index in [2.05, 4.69) is 49.0 Å². The molecule has 0 spiro atoms. The van der Waals surface area contributed by atoms with Crippen molar-refractivity contribution in [2.24, 2.45) is 0 Å². The van der Waals surface area contributed by atoms with Crippen LogP contribution in [0.15, 0.2) is 6.07 Å². The van der Waals surface area contributed by atoms with E-state index in [1.54, 1.807) is 0 Å². The van der Waals surface area contributed by atoms with E-state index in [-0.39, 0.29) is 0 Å². The van der Waals surface area contributed by atoms with Crippen LogP contribution in [0.5, 0.6) is 0 Å². The van der Waals surface area contributed by atoms with Gasteiger partial charge in [0.2, 0.25) is 0 Å². The van der Waals surface area contributed by atoms with Crippen LogP contribution < -0.4 is 10.2 Å². The second-order valence-electron chi connectivity index (χ2n) is 6.12. The Bertz CT molecular complexity index is 430. The minimum absolute atomic E-state index is 0.382. The summed E-state index contributed by atoms with van der Waals surface area (Å²) >= 11 is 0. The molecule has 1 unspecified atom stereocenters. The second kappa shape index (κ2) is 7.02. The molecule has 0 bridgehead atoms. The third-order valence-electron chi connectivity index (χ3n) is 3.80. The van der Waals surface area contributed by atoms with E-state index in [4.69, 9.17) is 4.98 Å². The zero-order valence-corrected chi connectivity index (χ0v) is 13.3. The molecule has 0 radical (unpaired) electrons. The summed E-state index contributed by atoms with van der Waals surface area (Å²) in [5, 5.41) is 3.64. The number of nitrogens with zero attached hydrogens (tertiary/aromatic N) is 3. The monoisotopic (exact) mass is 276 g/mol. The van der Waals surface area contributed by atoms with Gasteiger partial charge in [-0.2, -0.15) is 0 Å². The van der Waals surface area contributed by atoms with Gasteiger partial charge in [-0.1, -0.05) is 20.8 Å². The van der Waals surface area contributed by atoms with Crippen LogP contribution in [0.1, 0.15) is 57.5 Å². The lowest BCUT2D eigenvalue weighted by atomic mass is 10.1. The normalized spacial score (nSPS) is 19.6. The maximum absolute atomic E-state index is 4.76. The van der Waals surface area contributed by atoms with Crippen LogP contribution in [0.2, 0.25) is 0 Å². The maximum Gasteiger partial charge on any atom is 0.133 e. The number of nitrogens with one attached hydrogen (secondary N) is 1. The van der Waals surface area contributed by atoms with Crippen molar-refractivity contribution >= 4 is 5.82 Å². The Hall–Kier alpha value is -1.16. The van der Waals surface area contributed by atoms with Gasteiger partial charge in [-0.15, -0.1) is 0 Å². The van der Waals surface area contributed by atoms with E-state index in [1.807, 2.05) is 0 Å². The topological polar surface area (TPSA) is 41.0 Å². The summed E-state index contributed by atoms with van der Waals surface area (Å²) < 4.78 is 0. The predicted octanol–water partition coefficient (Wildman–Crippen LogP) is 2.88. The lowest BCUT2D eigenvalue weighted by Crippen LogP contribution is -2.46. The van der Waals surface area contributed by atoms with Gasteiger partial charge in [-0.05, 0) is 32.7 Å². The molecule has 1 N–H and O–H groups in total. The van der Waals surface area contributed by atoms with Gasteiger partial charge < -0.3 is 10.2 Å². The first kappa shape index (κ1) is 15.2. The highest BCUT2D eigenvalue weighted by atomic mass is 15.2. The Labute approximate surface area is 123 Å². The predicted molar refractivity (Wildman–Crippen MR) is 84.4 cm³/mol. The molecule has 20 heavy (non-hydrogen) atoms. The van der Waals surface area contributed by atoms with Crippen molar-refractivity contribution in [3.63, 3.8) is 0 Å². The zero-order valence-electron chi connectivity index (χ0n) is 13.3. The Morgan fingerprint density at radius 2 is 2.20 bits per heavy atom. The molecule has 1 aromatic heterocycles. The second-order valence-corrected chi connectivity index (χ2v) is 6.12. The minimum Gasteiger partial charge on any atom is -0.355 e. The highest BCUT2D eigenvalue weighted by molar-refractivity contribution is 5.40. The summed E-state index contributed by atoms with van der Waals surface area (Å²) in [4.78, 5) is 11.7. The van der Waals surface area contributed by atoms with Gasteiger partial charge in [0.1, 0.15) is 11.6 Å². The van der Waals surface area contributed by atoms with Crippen LogP contribution in [0.3, 0.4) is 0 Å². The number of anilines is 1. The van der Waals surface area contributed by atoms with Crippen molar-refractivity contribution in [3.8, 4) is 0 Å². The lowest BCUT2D eigenvalue weighted by molar-refractivity contribution is 0.421. The number of rotatable bonds is 5. The molecule has 1 aliphatic heterocycles. The van der Waals surface area contributed by atoms with Gasteiger partial charge in [0.25, 0.3) is 0 Å². The molecular formula is C16H28N4. The summed E-state index contributed by atoms with van der Waals surface area (Å²) in [5.41, 5.74) is 1.07. The molecule has 1 fully saturated rings. The van der Waals surface area contributed by atoms with Crippen molar-refractivity contribution in [2.45, 2.75) is 58.9 Å². The third-order valence-corrected chi connectivity index (χ3v) is 3.80. The summed E-state index contributed by atoms with van der Waals surface area (Å²) in [6.45, 7) is 11.9. The van der Waals surface area contributed by atoms with E-state index in [9.17, 15) is 0 Å². The van der Waals surface area contributed by atoms with Crippen molar-refractivity contribution in [1.82, 2.24) is 15.3 Å². The molecule has 2 rings (SSSR count). The molecule has 1 atom stereocenters. The molecular weight excluding hydrogens is 248 g/mol. The smallest absolute Gasteiger partial charge is 0.133 e. The van der Waals surface area contributed by atoms with Crippen LogP contribution in [-0.2, 0) is 0 Å². The number of hydrogen-bond donors (Lipinski definition) is 1. The van der Waals surface area contributed by atoms with E-state index >= 15 is 0 Å². The van der Waals surface area contributed by atoms with Crippen LogP contribution in [0.4, 0.5) is 5.82 Å². The molecule has 0 aromatic carbocycles. The Morgan fingerprint density at radius 3 is 2.90 bits per heavy atom. The van der Waals surface area contributed by atoms with Crippen molar-refractivity contribution in [2.75, 3.05) is 24.5 Å². The Kier molecular flexibility index (Phi) is 5.35. The van der Waals surface area contributed by atoms with Gasteiger partial charge in [0, 0.05) is 36.8 Å². The molecule has 1 aliphatic rings. The zero-order chi connectivity index (χ0) is 14.5. The van der Waals surface area contributed by atoms with E-state index < -0.39 is 0 Å². The van der Waals surface area contributed by atoms with Gasteiger partial charge in [-0.3, -0.25) is 0 Å². The summed E-state index contributed by atoms with van der Waals surface area (Å²) in [5.74, 6) is 2.44. The molecule has 1 aromatic rings. The van der Waals surface area contributed by atoms with Crippen LogP contribution >= 0.6 is 0 Å². The average Bonchev–Trinajstić information content (AvgIpc) is 2.44. The van der Waals surface area contributed by atoms with Gasteiger partial charge in [0.05, 0.1) is 0 Å². The van der Waals surface area contributed by atoms with Crippen LogP contribution in [0.25, 0.3) is 0 Å². The van der Waals surface area contributed by atoms with Crippen molar-refractivity contribution < 1.29 is 0 Å². The van der Waals surface area contributed by atoms with Crippen molar-refractivity contribution in [1.29, 1.82) is 0 Å². The molecule has 112 valence electrons. The summed E-state index contributed by atoms with van der Waals surface area (Å²) in [6.07, 6.45) is 3.71. The quantitative estimate of drug-likeness (QED) is 0.898. The lowest BCUT2D eigenvalue weighted by Gasteiger charge is -2.34. The first-order valence-electron chi connectivity index (χ1n) is 7.94. The number of hydrogen-bond acceptors (Lipinski definition) is 4. The van der Waals surface area contributed by atoms with E-state index in [1.165, 1.54) is 19.3 Å². The van der Waals surface area contributed by atoms with E-state index in [0.717, 1.165) is 37.0 Å². The first-order valence-corrected chi connectivity index (χ1v) is 7.94. The number of piperidine rings is 1.